The van der Waals surface area contributed by atoms with Gasteiger partial charge in [-0.25, -0.2) is 9.59 Å². The van der Waals surface area contributed by atoms with Crippen molar-refractivity contribution >= 4 is 11.9 Å². The van der Waals surface area contributed by atoms with Gasteiger partial charge < -0.3 is 9.47 Å². The summed E-state index contributed by atoms with van der Waals surface area (Å²) in [6, 6.07) is 0. The molecule has 0 saturated heterocycles. The highest BCUT2D eigenvalue weighted by atomic mass is 16.5. The Bertz CT molecular complexity index is 377. The Balaban J connectivity index is 5.52. The van der Waals surface area contributed by atoms with E-state index in [1.807, 2.05) is 0 Å². The van der Waals surface area contributed by atoms with Crippen molar-refractivity contribution in [2.45, 2.75) is 54.4 Å². The molecule has 0 spiro atoms. The number of hydrogen-bond donors (Lipinski definition) is 0. The highest BCUT2D eigenvalue weighted by Crippen LogP contribution is 2.25. The second-order valence-electron chi connectivity index (χ2n) is 6.04. The van der Waals surface area contributed by atoms with Crippen LogP contribution in [0.15, 0.2) is 23.3 Å². The zero-order chi connectivity index (χ0) is 17.1. The Hall–Kier alpha value is -1.58. The Morgan fingerprint density at radius 3 is 1.32 bits per heavy atom. The van der Waals surface area contributed by atoms with Gasteiger partial charge in [0, 0.05) is 12.2 Å². The minimum Gasteiger partial charge on any atom is -0.463 e. The van der Waals surface area contributed by atoms with E-state index in [4.69, 9.17) is 9.47 Å². The van der Waals surface area contributed by atoms with Crippen LogP contribution in [0.25, 0.3) is 0 Å². The summed E-state index contributed by atoms with van der Waals surface area (Å²) < 4.78 is 10.0. The van der Waals surface area contributed by atoms with Gasteiger partial charge in [-0.1, -0.05) is 27.7 Å². The molecule has 0 atom stereocenters. The molecular weight excluding hydrogens is 280 g/mol. The average molecular weight is 310 g/mol. The zero-order valence-electron chi connectivity index (χ0n) is 14.8. The lowest BCUT2D eigenvalue weighted by Crippen LogP contribution is -2.08. The van der Waals surface area contributed by atoms with Gasteiger partial charge in [0.15, 0.2) is 0 Å². The summed E-state index contributed by atoms with van der Waals surface area (Å²) in [6.07, 6.45) is 4.46. The quantitative estimate of drug-likeness (QED) is 0.366. The number of hydrogen-bond acceptors (Lipinski definition) is 4. The van der Waals surface area contributed by atoms with Crippen molar-refractivity contribution in [3.8, 4) is 0 Å². The van der Waals surface area contributed by atoms with Gasteiger partial charge in [-0.15, -0.1) is 0 Å². The minimum absolute atomic E-state index is 0.339. The summed E-state index contributed by atoms with van der Waals surface area (Å²) in [5.41, 5.74) is 1.71. The first-order chi connectivity index (χ1) is 10.3. The molecule has 0 aromatic carbocycles. The van der Waals surface area contributed by atoms with Crippen LogP contribution in [0.5, 0.6) is 0 Å². The standard InChI is InChI=1S/C18H30O4/c1-7-21-17(19)11-15(9-13(3)4)16(10-14(5)6)12-18(20)22-8-2/h11-14H,7-10H2,1-6H3/b15-11-,16-12-. The van der Waals surface area contributed by atoms with Crippen LogP contribution in [0, 0.1) is 11.8 Å². The first-order valence-electron chi connectivity index (χ1n) is 8.05. The van der Waals surface area contributed by atoms with Crippen LogP contribution in [0.4, 0.5) is 0 Å². The number of carbonyl (C=O) groups excluding carboxylic acids is 2. The SMILES string of the molecule is CCOC(=O)/C=C(CC(C)C)\C(=C/C(=O)OCC)CC(C)C. The summed E-state index contributed by atoms with van der Waals surface area (Å²) in [5.74, 6) is 0.0187. The van der Waals surface area contributed by atoms with E-state index in [1.54, 1.807) is 13.8 Å². The average Bonchev–Trinajstić information content (AvgIpc) is 2.36. The molecule has 0 unspecified atom stereocenters. The van der Waals surface area contributed by atoms with Gasteiger partial charge in [0.05, 0.1) is 13.2 Å². The first-order valence-corrected chi connectivity index (χ1v) is 8.05. The van der Waals surface area contributed by atoms with Crippen molar-refractivity contribution in [2.75, 3.05) is 13.2 Å². The molecule has 0 N–H and O–H groups in total. The second-order valence-corrected chi connectivity index (χ2v) is 6.04. The lowest BCUT2D eigenvalue weighted by Gasteiger charge is -2.16. The Kier molecular flexibility index (Phi) is 10.3. The van der Waals surface area contributed by atoms with E-state index in [-0.39, 0.29) is 11.9 Å². The van der Waals surface area contributed by atoms with Crippen LogP contribution >= 0.6 is 0 Å². The van der Waals surface area contributed by atoms with Gasteiger partial charge in [0.1, 0.15) is 0 Å². The fourth-order valence-electron chi connectivity index (χ4n) is 2.10. The maximum Gasteiger partial charge on any atom is 0.331 e. The molecule has 0 aromatic heterocycles. The minimum atomic E-state index is -0.364. The Morgan fingerprint density at radius 1 is 0.773 bits per heavy atom. The maximum atomic E-state index is 11.8. The molecule has 0 bridgehead atoms. The van der Waals surface area contributed by atoms with Crippen LogP contribution in [0.2, 0.25) is 0 Å². The van der Waals surface area contributed by atoms with Crippen LogP contribution < -0.4 is 0 Å². The highest BCUT2D eigenvalue weighted by Gasteiger charge is 2.14. The van der Waals surface area contributed by atoms with Crippen LogP contribution in [0.1, 0.15) is 54.4 Å². The predicted octanol–water partition coefficient (Wildman–Crippen LogP) is 4.06. The van der Waals surface area contributed by atoms with E-state index in [1.165, 1.54) is 12.2 Å². The van der Waals surface area contributed by atoms with Crippen molar-refractivity contribution in [1.82, 2.24) is 0 Å². The van der Waals surface area contributed by atoms with E-state index in [0.717, 1.165) is 24.0 Å². The number of carbonyl (C=O) groups is 2. The Labute approximate surface area is 134 Å². The zero-order valence-corrected chi connectivity index (χ0v) is 14.8. The molecule has 0 radical (unpaired) electrons. The van der Waals surface area contributed by atoms with E-state index >= 15 is 0 Å². The third kappa shape index (κ3) is 9.37. The van der Waals surface area contributed by atoms with Crippen molar-refractivity contribution < 1.29 is 19.1 Å². The molecule has 0 saturated carbocycles. The highest BCUT2D eigenvalue weighted by molar-refractivity contribution is 5.86. The summed E-state index contributed by atoms with van der Waals surface area (Å²) in [4.78, 5) is 23.6. The molecule has 0 amide bonds. The predicted molar refractivity (Wildman–Crippen MR) is 88.3 cm³/mol. The van der Waals surface area contributed by atoms with Gasteiger partial charge in [-0.05, 0) is 49.7 Å². The Morgan fingerprint density at radius 2 is 1.09 bits per heavy atom. The summed E-state index contributed by atoms with van der Waals surface area (Å²) in [7, 11) is 0. The summed E-state index contributed by atoms with van der Waals surface area (Å²) in [5, 5.41) is 0. The molecule has 0 aliphatic carbocycles. The molecular formula is C18H30O4. The van der Waals surface area contributed by atoms with E-state index < -0.39 is 0 Å². The third-order valence-electron chi connectivity index (χ3n) is 2.83. The first kappa shape index (κ1) is 20.4. The normalized spacial score (nSPS) is 12.7. The lowest BCUT2D eigenvalue weighted by atomic mass is 9.90. The fourth-order valence-corrected chi connectivity index (χ4v) is 2.10. The molecule has 0 heterocycles. The van der Waals surface area contributed by atoms with E-state index in [2.05, 4.69) is 27.7 Å². The number of esters is 2. The number of allylic oxidation sites excluding steroid dienone is 2. The fraction of sp³-hybridized carbons (Fsp3) is 0.667. The van der Waals surface area contributed by atoms with Gasteiger partial charge in [0.2, 0.25) is 0 Å². The van der Waals surface area contributed by atoms with Crippen molar-refractivity contribution in [3.63, 3.8) is 0 Å². The smallest absolute Gasteiger partial charge is 0.331 e. The van der Waals surface area contributed by atoms with E-state index in [9.17, 15) is 9.59 Å². The van der Waals surface area contributed by atoms with Gasteiger partial charge in [-0.2, -0.15) is 0 Å². The molecule has 126 valence electrons. The van der Waals surface area contributed by atoms with Crippen LogP contribution in [0.3, 0.4) is 0 Å². The van der Waals surface area contributed by atoms with Gasteiger partial charge in [-0.3, -0.25) is 0 Å². The largest absolute Gasteiger partial charge is 0.463 e. The maximum absolute atomic E-state index is 11.8. The van der Waals surface area contributed by atoms with Crippen LogP contribution in [-0.2, 0) is 19.1 Å². The summed E-state index contributed by atoms with van der Waals surface area (Å²) >= 11 is 0. The number of rotatable bonds is 9. The van der Waals surface area contributed by atoms with Crippen LogP contribution in [-0.4, -0.2) is 25.2 Å². The molecule has 0 aromatic rings. The third-order valence-corrected chi connectivity index (χ3v) is 2.83. The summed E-state index contributed by atoms with van der Waals surface area (Å²) in [6.45, 7) is 12.5. The molecule has 0 fully saturated rings. The van der Waals surface area contributed by atoms with Gasteiger partial charge >= 0.3 is 11.9 Å². The van der Waals surface area contributed by atoms with Crippen molar-refractivity contribution in [2.24, 2.45) is 11.8 Å². The molecule has 4 heteroatoms. The topological polar surface area (TPSA) is 52.6 Å². The van der Waals surface area contributed by atoms with Crippen molar-refractivity contribution in [1.29, 1.82) is 0 Å². The monoisotopic (exact) mass is 310 g/mol. The molecule has 22 heavy (non-hydrogen) atoms. The number of ether oxygens (including phenoxy) is 2. The molecule has 0 aliphatic rings. The molecule has 0 aliphatic heterocycles. The van der Waals surface area contributed by atoms with E-state index in [0.29, 0.717) is 25.0 Å². The van der Waals surface area contributed by atoms with Gasteiger partial charge in [0.25, 0.3) is 0 Å². The second kappa shape index (κ2) is 11.0. The molecule has 0 rings (SSSR count). The molecule has 4 nitrogen and oxygen atoms in total. The van der Waals surface area contributed by atoms with Crippen molar-refractivity contribution in [3.05, 3.63) is 23.3 Å². The lowest BCUT2D eigenvalue weighted by molar-refractivity contribution is -0.138.